The van der Waals surface area contributed by atoms with Crippen molar-refractivity contribution in [3.05, 3.63) is 0 Å². The Morgan fingerprint density at radius 3 is 2.18 bits per heavy atom. The van der Waals surface area contributed by atoms with Crippen molar-refractivity contribution in [2.75, 3.05) is 6.61 Å². The summed E-state index contributed by atoms with van der Waals surface area (Å²) >= 11 is 0. The maximum atomic E-state index is 12.0. The number of hydrogen-bond donors (Lipinski definition) is 2. The summed E-state index contributed by atoms with van der Waals surface area (Å²) in [4.78, 5) is 12.0. The summed E-state index contributed by atoms with van der Waals surface area (Å²) < 4.78 is 0. The molecule has 0 fully saturated rings. The second kappa shape index (κ2) is 7.00. The molecule has 102 valence electrons. The van der Waals surface area contributed by atoms with E-state index in [2.05, 4.69) is 39.9 Å². The van der Waals surface area contributed by atoms with E-state index in [9.17, 15) is 9.90 Å². The Morgan fingerprint density at radius 2 is 1.82 bits per heavy atom. The Bertz CT molecular complexity index is 233. The van der Waals surface area contributed by atoms with Crippen LogP contribution in [0, 0.1) is 17.3 Å². The number of rotatable bonds is 6. The molecule has 0 aliphatic carbocycles. The van der Waals surface area contributed by atoms with Crippen LogP contribution >= 0.6 is 0 Å². The van der Waals surface area contributed by atoms with Gasteiger partial charge in [-0.05, 0) is 17.8 Å². The number of nitrogens with one attached hydrogen (secondary N) is 1. The van der Waals surface area contributed by atoms with E-state index >= 15 is 0 Å². The second-order valence-electron chi connectivity index (χ2n) is 6.33. The van der Waals surface area contributed by atoms with Gasteiger partial charge in [-0.3, -0.25) is 4.79 Å². The van der Waals surface area contributed by atoms with Crippen LogP contribution in [0.1, 0.15) is 54.4 Å². The van der Waals surface area contributed by atoms with Gasteiger partial charge in [-0.15, -0.1) is 0 Å². The maximum absolute atomic E-state index is 12.0. The molecule has 3 unspecified atom stereocenters. The molecule has 0 saturated heterocycles. The SMILES string of the molecule is CCC(C)C(C)C(=O)NC(CO)CC(C)(C)C. The van der Waals surface area contributed by atoms with E-state index in [1.807, 2.05) is 6.92 Å². The average Bonchev–Trinajstić information content (AvgIpc) is 2.23. The molecule has 0 heterocycles. The van der Waals surface area contributed by atoms with Crippen molar-refractivity contribution >= 4 is 5.91 Å². The summed E-state index contributed by atoms with van der Waals surface area (Å²) in [6.07, 6.45) is 1.79. The van der Waals surface area contributed by atoms with Gasteiger partial charge in [0.1, 0.15) is 0 Å². The fourth-order valence-electron chi connectivity index (χ4n) is 1.85. The smallest absolute Gasteiger partial charge is 0.223 e. The predicted octanol–water partition coefficient (Wildman–Crippen LogP) is 2.58. The Balaban J connectivity index is 4.33. The first kappa shape index (κ1) is 16.4. The molecule has 0 aliphatic heterocycles. The Morgan fingerprint density at radius 1 is 1.29 bits per heavy atom. The normalized spacial score (nSPS) is 17.4. The molecule has 0 aliphatic rings. The third-order valence-electron chi connectivity index (χ3n) is 3.34. The molecule has 0 aromatic carbocycles. The fraction of sp³-hybridized carbons (Fsp3) is 0.929. The van der Waals surface area contributed by atoms with Crippen LogP contribution in [-0.4, -0.2) is 23.7 Å². The number of aliphatic hydroxyl groups is 1. The summed E-state index contributed by atoms with van der Waals surface area (Å²) in [5, 5.41) is 12.3. The van der Waals surface area contributed by atoms with Gasteiger partial charge in [0.05, 0.1) is 12.6 Å². The topological polar surface area (TPSA) is 49.3 Å². The van der Waals surface area contributed by atoms with Crippen molar-refractivity contribution in [2.45, 2.75) is 60.4 Å². The zero-order chi connectivity index (χ0) is 13.6. The van der Waals surface area contributed by atoms with E-state index in [0.717, 1.165) is 12.8 Å². The van der Waals surface area contributed by atoms with Crippen LogP contribution in [0.5, 0.6) is 0 Å². The number of hydrogen-bond acceptors (Lipinski definition) is 2. The predicted molar refractivity (Wildman–Crippen MR) is 71.7 cm³/mol. The monoisotopic (exact) mass is 243 g/mol. The highest BCUT2D eigenvalue weighted by molar-refractivity contribution is 5.78. The van der Waals surface area contributed by atoms with E-state index in [1.54, 1.807) is 0 Å². The number of carbonyl (C=O) groups is 1. The molecule has 0 aromatic heterocycles. The molecule has 0 bridgehead atoms. The van der Waals surface area contributed by atoms with Crippen LogP contribution in [-0.2, 0) is 4.79 Å². The molecular weight excluding hydrogens is 214 g/mol. The van der Waals surface area contributed by atoms with Gasteiger partial charge in [-0.2, -0.15) is 0 Å². The third kappa shape index (κ3) is 6.67. The molecule has 0 rings (SSSR count). The molecule has 2 N–H and O–H groups in total. The summed E-state index contributed by atoms with van der Waals surface area (Å²) in [6, 6.07) is -0.131. The first-order chi connectivity index (χ1) is 7.71. The van der Waals surface area contributed by atoms with Gasteiger partial charge in [0.15, 0.2) is 0 Å². The van der Waals surface area contributed by atoms with Crippen molar-refractivity contribution in [2.24, 2.45) is 17.3 Å². The summed E-state index contributed by atoms with van der Waals surface area (Å²) in [5.41, 5.74) is 0.111. The lowest BCUT2D eigenvalue weighted by Gasteiger charge is -2.27. The van der Waals surface area contributed by atoms with E-state index in [-0.39, 0.29) is 29.9 Å². The van der Waals surface area contributed by atoms with Crippen LogP contribution in [0.3, 0.4) is 0 Å². The van der Waals surface area contributed by atoms with E-state index in [0.29, 0.717) is 5.92 Å². The van der Waals surface area contributed by atoms with Crippen molar-refractivity contribution in [3.8, 4) is 0 Å². The van der Waals surface area contributed by atoms with Crippen LogP contribution in [0.4, 0.5) is 0 Å². The zero-order valence-corrected chi connectivity index (χ0v) is 12.2. The Kier molecular flexibility index (Phi) is 6.76. The fourth-order valence-corrected chi connectivity index (χ4v) is 1.85. The molecule has 17 heavy (non-hydrogen) atoms. The molecule has 0 aromatic rings. The minimum absolute atomic E-state index is 0.00835. The van der Waals surface area contributed by atoms with E-state index < -0.39 is 0 Å². The van der Waals surface area contributed by atoms with E-state index in [1.165, 1.54) is 0 Å². The van der Waals surface area contributed by atoms with Crippen LogP contribution in [0.25, 0.3) is 0 Å². The largest absolute Gasteiger partial charge is 0.394 e. The Labute approximate surface area is 106 Å². The zero-order valence-electron chi connectivity index (χ0n) is 12.2. The molecule has 1 amide bonds. The first-order valence-electron chi connectivity index (χ1n) is 6.62. The number of carbonyl (C=O) groups excluding carboxylic acids is 1. The van der Waals surface area contributed by atoms with Crippen LogP contribution < -0.4 is 5.32 Å². The minimum atomic E-state index is -0.131. The first-order valence-corrected chi connectivity index (χ1v) is 6.62. The highest BCUT2D eigenvalue weighted by atomic mass is 16.3. The van der Waals surface area contributed by atoms with E-state index in [4.69, 9.17) is 0 Å². The van der Waals surface area contributed by atoms with Crippen molar-refractivity contribution in [1.82, 2.24) is 5.32 Å². The van der Waals surface area contributed by atoms with Gasteiger partial charge in [0.2, 0.25) is 5.91 Å². The van der Waals surface area contributed by atoms with Gasteiger partial charge in [0.25, 0.3) is 0 Å². The van der Waals surface area contributed by atoms with Crippen molar-refractivity contribution < 1.29 is 9.90 Å². The van der Waals surface area contributed by atoms with Crippen molar-refractivity contribution in [1.29, 1.82) is 0 Å². The molecule has 0 radical (unpaired) electrons. The highest BCUT2D eigenvalue weighted by Crippen LogP contribution is 2.21. The van der Waals surface area contributed by atoms with Crippen molar-refractivity contribution in [3.63, 3.8) is 0 Å². The Hall–Kier alpha value is -0.570. The van der Waals surface area contributed by atoms with Gasteiger partial charge in [-0.25, -0.2) is 0 Å². The van der Waals surface area contributed by atoms with Gasteiger partial charge >= 0.3 is 0 Å². The lowest BCUT2D eigenvalue weighted by atomic mass is 9.87. The van der Waals surface area contributed by atoms with Crippen LogP contribution in [0.15, 0.2) is 0 Å². The molecule has 0 saturated carbocycles. The molecule has 0 spiro atoms. The van der Waals surface area contributed by atoms with Gasteiger partial charge < -0.3 is 10.4 Å². The summed E-state index contributed by atoms with van der Waals surface area (Å²) in [6.45, 7) is 12.5. The maximum Gasteiger partial charge on any atom is 0.223 e. The number of amides is 1. The van der Waals surface area contributed by atoms with Gasteiger partial charge in [0, 0.05) is 5.92 Å². The quantitative estimate of drug-likeness (QED) is 0.753. The summed E-state index contributed by atoms with van der Waals surface area (Å²) in [5.74, 6) is 0.445. The lowest BCUT2D eigenvalue weighted by Crippen LogP contribution is -2.43. The number of aliphatic hydroxyl groups excluding tert-OH is 1. The summed E-state index contributed by atoms with van der Waals surface area (Å²) in [7, 11) is 0. The van der Waals surface area contributed by atoms with Gasteiger partial charge in [-0.1, -0.05) is 48.0 Å². The standard InChI is InChI=1S/C14H29NO2/c1-7-10(2)11(3)13(17)15-12(9-16)8-14(4,5)6/h10-12,16H,7-9H2,1-6H3,(H,15,17). The molecule has 3 nitrogen and oxygen atoms in total. The second-order valence-corrected chi connectivity index (χ2v) is 6.33. The molecule has 3 heteroatoms. The molecule has 3 atom stereocenters. The molecular formula is C14H29NO2. The highest BCUT2D eigenvalue weighted by Gasteiger charge is 2.24. The minimum Gasteiger partial charge on any atom is -0.394 e. The lowest BCUT2D eigenvalue weighted by molar-refractivity contribution is -0.127. The third-order valence-corrected chi connectivity index (χ3v) is 3.34. The van der Waals surface area contributed by atoms with Crippen LogP contribution in [0.2, 0.25) is 0 Å². The average molecular weight is 243 g/mol.